The fourth-order valence-corrected chi connectivity index (χ4v) is 4.38. The molecule has 31 heavy (non-hydrogen) atoms. The predicted molar refractivity (Wildman–Crippen MR) is 111 cm³/mol. The van der Waals surface area contributed by atoms with Crippen molar-refractivity contribution in [2.45, 2.75) is 58.2 Å². The minimum absolute atomic E-state index is 0.244. The summed E-state index contributed by atoms with van der Waals surface area (Å²) < 4.78 is 45.4. The second-order valence-corrected chi connectivity index (χ2v) is 9.36. The van der Waals surface area contributed by atoms with Crippen LogP contribution in [0, 0.1) is 5.82 Å². The molecule has 9 nitrogen and oxygen atoms in total. The molecule has 170 valence electrons. The van der Waals surface area contributed by atoms with Crippen LogP contribution in [0.5, 0.6) is 0 Å². The van der Waals surface area contributed by atoms with Crippen LogP contribution in [0.15, 0.2) is 30.7 Å². The molecular formula is C20H27FN5O4S-. The number of ether oxygens (including phenoxy) is 1. The van der Waals surface area contributed by atoms with Crippen LogP contribution in [-0.4, -0.2) is 63.6 Å². The van der Waals surface area contributed by atoms with E-state index in [0.29, 0.717) is 37.3 Å². The van der Waals surface area contributed by atoms with E-state index in [9.17, 15) is 17.9 Å². The van der Waals surface area contributed by atoms with E-state index >= 15 is 0 Å². The first kappa shape index (κ1) is 23.3. The number of pyridine rings is 1. The molecule has 2 aromatic heterocycles. The molecular weight excluding hydrogens is 425 g/mol. The predicted octanol–water partition coefficient (Wildman–Crippen LogP) is 2.96. The van der Waals surface area contributed by atoms with Crippen molar-refractivity contribution in [2.75, 3.05) is 13.1 Å². The lowest BCUT2D eigenvalue weighted by atomic mass is 10.0. The molecule has 1 saturated heterocycles. The number of aromatic nitrogens is 3. The number of rotatable bonds is 5. The number of amides is 1. The summed E-state index contributed by atoms with van der Waals surface area (Å²) in [6, 6.07) is 2.72. The van der Waals surface area contributed by atoms with Crippen LogP contribution in [0.3, 0.4) is 0 Å². The number of carbonyl (C=O) groups excluding carboxylic acids is 1. The van der Waals surface area contributed by atoms with Gasteiger partial charge in [0.15, 0.2) is 11.6 Å². The fraction of sp³-hybridized carbons (Fsp3) is 0.550. The Labute approximate surface area is 183 Å². The Morgan fingerprint density at radius 3 is 2.48 bits per heavy atom. The molecule has 1 fully saturated rings. The van der Waals surface area contributed by atoms with E-state index in [4.69, 9.17) is 4.74 Å². The minimum Gasteiger partial charge on any atom is -0.760 e. The molecule has 2 unspecified atom stereocenters. The summed E-state index contributed by atoms with van der Waals surface area (Å²) >= 11 is -2.45. The largest absolute Gasteiger partial charge is 0.760 e. The molecule has 3 heterocycles. The number of halogens is 1. The van der Waals surface area contributed by atoms with Crippen molar-refractivity contribution in [3.63, 3.8) is 0 Å². The van der Waals surface area contributed by atoms with Gasteiger partial charge in [0.1, 0.15) is 5.60 Å². The molecule has 11 heteroatoms. The maximum Gasteiger partial charge on any atom is 0.410 e. The van der Waals surface area contributed by atoms with Gasteiger partial charge in [-0.15, -0.1) is 0 Å². The fourth-order valence-electron chi connectivity index (χ4n) is 3.55. The van der Waals surface area contributed by atoms with Crippen molar-refractivity contribution in [3.8, 4) is 5.82 Å². The summed E-state index contributed by atoms with van der Waals surface area (Å²) in [5.74, 6) is -0.0368. The molecule has 1 amide bonds. The van der Waals surface area contributed by atoms with E-state index in [0.717, 1.165) is 6.20 Å². The Hall–Kier alpha value is -2.37. The highest BCUT2D eigenvalue weighted by Crippen LogP contribution is 2.29. The Balaban J connectivity index is 1.67. The second-order valence-electron chi connectivity index (χ2n) is 8.50. The van der Waals surface area contributed by atoms with Crippen molar-refractivity contribution in [3.05, 3.63) is 42.1 Å². The zero-order chi connectivity index (χ0) is 22.8. The SMILES string of the molecule is CC(c1ccc(-n2cc(F)cn2)nc1)N(C1CCN(C(=O)OC(C)(C)C)CC1)S(=O)[O-]. The minimum atomic E-state index is -2.45. The summed E-state index contributed by atoms with van der Waals surface area (Å²) in [5, 5.41) is 3.87. The van der Waals surface area contributed by atoms with Crippen LogP contribution in [0.1, 0.15) is 52.1 Å². The van der Waals surface area contributed by atoms with Gasteiger partial charge in [0.2, 0.25) is 0 Å². The van der Waals surface area contributed by atoms with E-state index in [2.05, 4.69) is 10.1 Å². The van der Waals surface area contributed by atoms with Gasteiger partial charge in [-0.1, -0.05) is 6.07 Å². The summed E-state index contributed by atoms with van der Waals surface area (Å²) in [6.45, 7) is 8.06. The van der Waals surface area contributed by atoms with Crippen molar-refractivity contribution < 1.29 is 22.7 Å². The van der Waals surface area contributed by atoms with Crippen LogP contribution in [0.4, 0.5) is 9.18 Å². The quantitative estimate of drug-likeness (QED) is 0.646. The highest BCUT2D eigenvalue weighted by molar-refractivity contribution is 7.76. The van der Waals surface area contributed by atoms with Gasteiger partial charge in [-0.05, 0) is 52.2 Å². The van der Waals surface area contributed by atoms with E-state index < -0.39 is 28.7 Å². The van der Waals surface area contributed by atoms with E-state index in [1.54, 1.807) is 30.2 Å². The van der Waals surface area contributed by atoms with Crippen molar-refractivity contribution >= 4 is 17.4 Å². The van der Waals surface area contributed by atoms with Gasteiger partial charge in [0, 0.05) is 42.6 Å². The maximum atomic E-state index is 13.2. The third kappa shape index (κ3) is 5.86. The van der Waals surface area contributed by atoms with E-state index in [1.807, 2.05) is 20.8 Å². The average molecular weight is 453 g/mol. The zero-order valence-electron chi connectivity index (χ0n) is 18.0. The topological polar surface area (TPSA) is 104 Å². The molecule has 2 aromatic rings. The molecule has 0 radical (unpaired) electrons. The molecule has 0 spiro atoms. The molecule has 0 N–H and O–H groups in total. The highest BCUT2D eigenvalue weighted by atomic mass is 32.2. The lowest BCUT2D eigenvalue weighted by Crippen LogP contribution is -2.49. The van der Waals surface area contributed by atoms with Crippen molar-refractivity contribution in [1.82, 2.24) is 24.0 Å². The molecule has 3 rings (SSSR count). The number of piperidine rings is 1. The lowest BCUT2D eigenvalue weighted by molar-refractivity contribution is 0.0168. The zero-order valence-corrected chi connectivity index (χ0v) is 18.8. The van der Waals surface area contributed by atoms with Gasteiger partial charge in [0.25, 0.3) is 0 Å². The van der Waals surface area contributed by atoms with Crippen LogP contribution in [-0.2, 0) is 16.0 Å². The third-order valence-corrected chi connectivity index (χ3v) is 6.03. The monoisotopic (exact) mass is 452 g/mol. The molecule has 1 aliphatic heterocycles. The van der Waals surface area contributed by atoms with Crippen molar-refractivity contribution in [1.29, 1.82) is 0 Å². The van der Waals surface area contributed by atoms with Crippen LogP contribution < -0.4 is 0 Å². The molecule has 1 aliphatic rings. The normalized spacial score (nSPS) is 17.6. The standard InChI is InChI=1S/C20H28FN5O4S/c1-14(15-5-6-18(22-11-15)25-13-16(21)12-23-25)26(31(28)29)17-7-9-24(10-8-17)19(27)30-20(2,3)4/h5-6,11-14,17H,7-10H2,1-4H3,(H,28,29)/p-1. The van der Waals surface area contributed by atoms with Crippen LogP contribution in [0.2, 0.25) is 0 Å². The van der Waals surface area contributed by atoms with Gasteiger partial charge in [-0.25, -0.2) is 23.2 Å². The number of hydrogen-bond acceptors (Lipinski definition) is 6. The summed E-state index contributed by atoms with van der Waals surface area (Å²) in [4.78, 5) is 18.1. The first-order chi connectivity index (χ1) is 14.5. The Bertz CT molecular complexity index is 922. The first-order valence-corrected chi connectivity index (χ1v) is 11.1. The number of carbonyl (C=O) groups is 1. The number of likely N-dealkylation sites (tertiary alicyclic amines) is 1. The molecule has 0 saturated carbocycles. The Morgan fingerprint density at radius 1 is 1.32 bits per heavy atom. The van der Waals surface area contributed by atoms with E-state index in [1.165, 1.54) is 15.2 Å². The second kappa shape index (κ2) is 9.41. The number of nitrogens with zero attached hydrogens (tertiary/aromatic N) is 5. The molecule has 0 aromatic carbocycles. The van der Waals surface area contributed by atoms with Gasteiger partial charge < -0.3 is 14.2 Å². The molecule has 0 bridgehead atoms. The van der Waals surface area contributed by atoms with Gasteiger partial charge in [0.05, 0.1) is 12.4 Å². The smallest absolute Gasteiger partial charge is 0.410 e. The maximum absolute atomic E-state index is 13.2. The summed E-state index contributed by atoms with van der Waals surface area (Å²) in [7, 11) is 0. The Morgan fingerprint density at radius 2 is 2.00 bits per heavy atom. The highest BCUT2D eigenvalue weighted by Gasteiger charge is 2.32. The van der Waals surface area contributed by atoms with Crippen LogP contribution >= 0.6 is 0 Å². The Kier molecular flexibility index (Phi) is 7.07. The molecule has 2 atom stereocenters. The van der Waals surface area contributed by atoms with Crippen LogP contribution in [0.25, 0.3) is 5.82 Å². The average Bonchev–Trinajstić information content (AvgIpc) is 3.13. The summed E-state index contributed by atoms with van der Waals surface area (Å²) in [6.07, 6.45) is 4.50. The van der Waals surface area contributed by atoms with Gasteiger partial charge in [-0.3, -0.25) is 4.21 Å². The van der Waals surface area contributed by atoms with Crippen molar-refractivity contribution in [2.24, 2.45) is 0 Å². The number of hydrogen-bond donors (Lipinski definition) is 0. The van der Waals surface area contributed by atoms with Gasteiger partial charge >= 0.3 is 6.09 Å². The van der Waals surface area contributed by atoms with Gasteiger partial charge in [-0.2, -0.15) is 5.10 Å². The first-order valence-electron chi connectivity index (χ1n) is 10.1. The summed E-state index contributed by atoms with van der Waals surface area (Å²) in [5.41, 5.74) is 0.127. The third-order valence-electron chi connectivity index (χ3n) is 5.07. The molecule has 0 aliphatic carbocycles. The van der Waals surface area contributed by atoms with E-state index in [-0.39, 0.29) is 12.1 Å². The lowest BCUT2D eigenvalue weighted by Gasteiger charge is -2.42.